The fraction of sp³-hybridized carbons (Fsp3) is 0.560. The zero-order chi connectivity index (χ0) is 27.6. The molecular weight excluding hydrogens is 468 g/mol. The van der Waals surface area contributed by atoms with Crippen molar-refractivity contribution in [2.45, 2.75) is 78.1 Å². The number of alkyl carbamates (subject to hydrolysis) is 1. The summed E-state index contributed by atoms with van der Waals surface area (Å²) in [5, 5.41) is 5.02. The van der Waals surface area contributed by atoms with Crippen molar-refractivity contribution < 1.29 is 33.4 Å². The number of rotatable bonds is 11. The van der Waals surface area contributed by atoms with Crippen LogP contribution in [0.25, 0.3) is 0 Å². The number of esters is 1. The zero-order valence-electron chi connectivity index (χ0n) is 22.0. The van der Waals surface area contributed by atoms with Crippen molar-refractivity contribution in [1.82, 2.24) is 15.5 Å². The van der Waals surface area contributed by atoms with Gasteiger partial charge in [0, 0.05) is 12.5 Å². The summed E-state index contributed by atoms with van der Waals surface area (Å²) in [4.78, 5) is 64.1. The molecule has 0 saturated heterocycles. The minimum absolute atomic E-state index is 0.0963. The Balaban J connectivity index is 3.45. The summed E-state index contributed by atoms with van der Waals surface area (Å²) in [6.07, 6.45) is -1.13. The lowest BCUT2D eigenvalue weighted by Crippen LogP contribution is -2.55. The van der Waals surface area contributed by atoms with Gasteiger partial charge in [-0.05, 0) is 53.5 Å². The van der Waals surface area contributed by atoms with E-state index in [9.17, 15) is 24.0 Å². The van der Waals surface area contributed by atoms with Crippen LogP contribution in [0.2, 0.25) is 0 Å². The van der Waals surface area contributed by atoms with Gasteiger partial charge in [-0.15, -0.1) is 0 Å². The molecule has 0 bridgehead atoms. The fourth-order valence-corrected chi connectivity index (χ4v) is 3.46. The highest BCUT2D eigenvalue weighted by Crippen LogP contribution is 2.26. The summed E-state index contributed by atoms with van der Waals surface area (Å²) < 4.78 is 9.88. The molecule has 11 nitrogen and oxygen atoms in total. The van der Waals surface area contributed by atoms with Crippen LogP contribution in [0.5, 0.6) is 0 Å². The Bertz CT molecular complexity index is 956. The Morgan fingerprint density at radius 2 is 1.75 bits per heavy atom. The number of hydrogen-bond donors (Lipinski definition) is 3. The van der Waals surface area contributed by atoms with Crippen LogP contribution in [0.4, 0.5) is 4.79 Å². The highest BCUT2D eigenvalue weighted by molar-refractivity contribution is 5.93. The van der Waals surface area contributed by atoms with Crippen LogP contribution in [-0.2, 0) is 28.7 Å². The van der Waals surface area contributed by atoms with Crippen LogP contribution in [0.1, 0.15) is 64.6 Å². The van der Waals surface area contributed by atoms with Gasteiger partial charge < -0.3 is 30.7 Å². The second-order valence-corrected chi connectivity index (χ2v) is 9.65. The molecule has 0 aromatic heterocycles. The van der Waals surface area contributed by atoms with Gasteiger partial charge in [-0.2, -0.15) is 0 Å². The topological polar surface area (TPSA) is 157 Å². The minimum atomic E-state index is -1.20. The van der Waals surface area contributed by atoms with Gasteiger partial charge in [0.2, 0.25) is 17.7 Å². The molecule has 2 atom stereocenters. The first kappa shape index (κ1) is 30.4. The number of carbonyl (C=O) groups excluding carboxylic acids is 5. The molecule has 1 aromatic carbocycles. The molecule has 4 N–H and O–H groups in total. The highest BCUT2D eigenvalue weighted by Gasteiger charge is 2.38. The van der Waals surface area contributed by atoms with E-state index in [2.05, 4.69) is 15.4 Å². The lowest BCUT2D eigenvalue weighted by atomic mass is 9.98. The summed E-state index contributed by atoms with van der Waals surface area (Å²) in [6.45, 7) is 9.90. The molecular formula is C25H38N4O7. The molecule has 0 radical (unpaired) electrons. The summed E-state index contributed by atoms with van der Waals surface area (Å²) >= 11 is 0. The van der Waals surface area contributed by atoms with E-state index in [1.54, 1.807) is 52.8 Å². The highest BCUT2D eigenvalue weighted by atomic mass is 16.6. The third-order valence-electron chi connectivity index (χ3n) is 5.00. The second kappa shape index (κ2) is 13.5. The maximum absolute atomic E-state index is 13.8. The molecule has 0 aliphatic carbocycles. The maximum atomic E-state index is 13.8. The van der Waals surface area contributed by atoms with Gasteiger partial charge in [0.15, 0.2) is 0 Å². The average molecular weight is 507 g/mol. The summed E-state index contributed by atoms with van der Waals surface area (Å²) in [7, 11) is 1.20. The molecule has 0 spiro atoms. The summed E-state index contributed by atoms with van der Waals surface area (Å²) in [6, 6.07) is 4.19. The smallest absolute Gasteiger partial charge is 0.408 e. The van der Waals surface area contributed by atoms with Crippen LogP contribution < -0.4 is 16.4 Å². The molecule has 0 heterocycles. The van der Waals surface area contributed by atoms with Crippen molar-refractivity contribution in [3.05, 3.63) is 35.4 Å². The van der Waals surface area contributed by atoms with Gasteiger partial charge in [-0.25, -0.2) is 4.79 Å². The summed E-state index contributed by atoms with van der Waals surface area (Å²) in [5.41, 5.74) is 5.83. The van der Waals surface area contributed by atoms with E-state index < -0.39 is 53.5 Å². The Morgan fingerprint density at radius 3 is 2.25 bits per heavy atom. The number of primary amides is 1. The van der Waals surface area contributed by atoms with Crippen molar-refractivity contribution in [3.8, 4) is 0 Å². The van der Waals surface area contributed by atoms with Crippen molar-refractivity contribution in [3.63, 3.8) is 0 Å². The van der Waals surface area contributed by atoms with Crippen LogP contribution in [0.3, 0.4) is 0 Å². The number of benzene rings is 1. The largest absolute Gasteiger partial charge is 0.468 e. The Morgan fingerprint density at radius 1 is 1.11 bits per heavy atom. The Kier molecular flexibility index (Phi) is 11.4. The molecule has 1 rings (SSSR count). The number of aryl methyl sites for hydroxylation is 1. The molecule has 2 unspecified atom stereocenters. The number of carbonyl (C=O) groups is 5. The molecule has 0 aliphatic heterocycles. The molecule has 4 amide bonds. The molecule has 0 aliphatic rings. The average Bonchev–Trinajstić information content (AvgIpc) is 2.76. The van der Waals surface area contributed by atoms with Crippen LogP contribution in [0, 0.1) is 6.92 Å². The zero-order valence-corrected chi connectivity index (χ0v) is 22.0. The van der Waals surface area contributed by atoms with Gasteiger partial charge in [-0.1, -0.05) is 29.8 Å². The number of nitrogens with one attached hydrogen (secondary N) is 2. The first-order valence-corrected chi connectivity index (χ1v) is 11.7. The summed E-state index contributed by atoms with van der Waals surface area (Å²) in [5.74, 6) is -2.53. The van der Waals surface area contributed by atoms with Crippen molar-refractivity contribution in [1.29, 1.82) is 0 Å². The van der Waals surface area contributed by atoms with Crippen molar-refractivity contribution in [2.24, 2.45) is 5.73 Å². The minimum Gasteiger partial charge on any atom is -0.468 e. The SMILES string of the molecule is COC(=O)CNC(=O)C(c1cccc(C)c1)N(C(=O)C(CCC(N)=O)NC(=O)OC(C)(C)C)C(C)C. The van der Waals surface area contributed by atoms with E-state index >= 15 is 0 Å². The first-order chi connectivity index (χ1) is 16.7. The molecule has 11 heteroatoms. The second-order valence-electron chi connectivity index (χ2n) is 9.65. The van der Waals surface area contributed by atoms with E-state index in [0.29, 0.717) is 5.56 Å². The van der Waals surface area contributed by atoms with E-state index in [1.807, 2.05) is 13.0 Å². The van der Waals surface area contributed by atoms with Crippen LogP contribution in [-0.4, -0.2) is 66.0 Å². The monoisotopic (exact) mass is 506 g/mol. The molecule has 1 aromatic rings. The number of ether oxygens (including phenoxy) is 2. The number of methoxy groups -OCH3 is 1. The predicted molar refractivity (Wildman–Crippen MR) is 133 cm³/mol. The normalized spacial score (nSPS) is 12.8. The number of nitrogens with zero attached hydrogens (tertiary/aromatic N) is 1. The van der Waals surface area contributed by atoms with Gasteiger partial charge in [0.25, 0.3) is 0 Å². The van der Waals surface area contributed by atoms with E-state index in [4.69, 9.17) is 10.5 Å². The van der Waals surface area contributed by atoms with E-state index in [1.165, 1.54) is 12.0 Å². The quantitative estimate of drug-likeness (QED) is 0.386. The predicted octanol–water partition coefficient (Wildman–Crippen LogP) is 1.72. The fourth-order valence-electron chi connectivity index (χ4n) is 3.46. The molecule has 0 saturated carbocycles. The Hall–Kier alpha value is -3.63. The number of nitrogens with two attached hydrogens (primary N) is 1. The molecule has 36 heavy (non-hydrogen) atoms. The molecule has 0 fully saturated rings. The lowest BCUT2D eigenvalue weighted by molar-refractivity contribution is -0.146. The lowest BCUT2D eigenvalue weighted by Gasteiger charge is -2.37. The van der Waals surface area contributed by atoms with E-state index in [0.717, 1.165) is 5.56 Å². The van der Waals surface area contributed by atoms with Crippen LogP contribution in [0.15, 0.2) is 24.3 Å². The Labute approximate surface area is 212 Å². The van der Waals surface area contributed by atoms with Gasteiger partial charge in [-0.3, -0.25) is 19.2 Å². The first-order valence-electron chi connectivity index (χ1n) is 11.7. The van der Waals surface area contributed by atoms with Gasteiger partial charge in [0.1, 0.15) is 24.2 Å². The third-order valence-corrected chi connectivity index (χ3v) is 5.00. The standard InChI is InChI=1S/C25H38N4O7/c1-15(2)29(23(33)18(11-12-19(26)30)28-24(34)36-25(4,5)6)21(17-10-8-9-16(3)13-17)22(32)27-14-20(31)35-7/h8-10,13,15,18,21H,11-12,14H2,1-7H3,(H2,26,30)(H,27,32)(H,28,34). The van der Waals surface area contributed by atoms with Gasteiger partial charge >= 0.3 is 12.1 Å². The van der Waals surface area contributed by atoms with Crippen molar-refractivity contribution in [2.75, 3.05) is 13.7 Å². The third kappa shape index (κ3) is 9.93. The molecule has 200 valence electrons. The van der Waals surface area contributed by atoms with Crippen molar-refractivity contribution >= 4 is 29.8 Å². The van der Waals surface area contributed by atoms with Gasteiger partial charge in [0.05, 0.1) is 7.11 Å². The number of hydrogen-bond acceptors (Lipinski definition) is 7. The number of amides is 4. The maximum Gasteiger partial charge on any atom is 0.408 e. The van der Waals surface area contributed by atoms with E-state index in [-0.39, 0.29) is 19.4 Å². The van der Waals surface area contributed by atoms with Crippen LogP contribution >= 0.6 is 0 Å².